The van der Waals surface area contributed by atoms with E-state index in [0.717, 1.165) is 24.3 Å². The summed E-state index contributed by atoms with van der Waals surface area (Å²) < 4.78 is 5.24. The van der Waals surface area contributed by atoms with Gasteiger partial charge in [0.1, 0.15) is 5.75 Å². The van der Waals surface area contributed by atoms with Gasteiger partial charge in [-0.05, 0) is 49.3 Å². The summed E-state index contributed by atoms with van der Waals surface area (Å²) in [6, 6.07) is 9.22. The summed E-state index contributed by atoms with van der Waals surface area (Å²) in [5.41, 5.74) is 2.90. The molecule has 0 aliphatic heterocycles. The Labute approximate surface area is 128 Å². The van der Waals surface area contributed by atoms with E-state index >= 15 is 0 Å². The molecule has 0 saturated heterocycles. The van der Waals surface area contributed by atoms with Crippen molar-refractivity contribution in [3.05, 3.63) is 35.4 Å². The third kappa shape index (κ3) is 4.34. The highest BCUT2D eigenvalue weighted by Crippen LogP contribution is 2.31. The number of ether oxygens (including phenoxy) is 1. The van der Waals surface area contributed by atoms with Crippen LogP contribution in [-0.4, -0.2) is 19.7 Å². The van der Waals surface area contributed by atoms with Crippen LogP contribution in [0, 0.1) is 5.92 Å². The lowest BCUT2D eigenvalue weighted by atomic mass is 9.83. The first-order chi connectivity index (χ1) is 10.3. The van der Waals surface area contributed by atoms with Gasteiger partial charge < -0.3 is 10.1 Å². The highest BCUT2D eigenvalue weighted by molar-refractivity contribution is 5.55. The van der Waals surface area contributed by atoms with Crippen LogP contribution in [0.1, 0.15) is 50.5 Å². The largest absolute Gasteiger partial charge is 0.497 e. The van der Waals surface area contributed by atoms with Gasteiger partial charge in [-0.1, -0.05) is 43.0 Å². The summed E-state index contributed by atoms with van der Waals surface area (Å²) in [4.78, 5) is 0. The lowest BCUT2D eigenvalue weighted by Crippen LogP contribution is -2.24. The van der Waals surface area contributed by atoms with Gasteiger partial charge in [-0.15, -0.1) is 0 Å². The standard InChI is InChI=1S/C19H27NO/c1-21-19-11-7-15(8-12-19)13-17(14-20-18-9-10-18)16-5-3-2-4-6-16/h7-8,11-13,16,18,20H,2-6,9-10,14H2,1H3/b17-13-. The number of rotatable bonds is 6. The summed E-state index contributed by atoms with van der Waals surface area (Å²) in [6.07, 6.45) is 12.1. The Morgan fingerprint density at radius 1 is 1.10 bits per heavy atom. The van der Waals surface area contributed by atoms with Crippen LogP contribution in [-0.2, 0) is 0 Å². The Kier molecular flexibility index (Phi) is 4.97. The number of nitrogens with one attached hydrogen (secondary N) is 1. The summed E-state index contributed by atoms with van der Waals surface area (Å²) in [5.74, 6) is 1.72. The average molecular weight is 285 g/mol. The zero-order valence-electron chi connectivity index (χ0n) is 13.1. The molecule has 0 aromatic heterocycles. The van der Waals surface area contributed by atoms with E-state index in [1.165, 1.54) is 50.5 Å². The molecular formula is C19H27NO. The molecule has 114 valence electrons. The van der Waals surface area contributed by atoms with E-state index in [1.54, 1.807) is 12.7 Å². The zero-order valence-corrected chi connectivity index (χ0v) is 13.1. The van der Waals surface area contributed by atoms with Gasteiger partial charge in [0.2, 0.25) is 0 Å². The van der Waals surface area contributed by atoms with Crippen molar-refractivity contribution in [2.75, 3.05) is 13.7 Å². The molecule has 2 heteroatoms. The molecule has 0 spiro atoms. The molecule has 21 heavy (non-hydrogen) atoms. The van der Waals surface area contributed by atoms with Crippen LogP contribution in [0.15, 0.2) is 29.8 Å². The second kappa shape index (κ2) is 7.13. The van der Waals surface area contributed by atoms with Crippen LogP contribution in [0.4, 0.5) is 0 Å². The molecule has 0 bridgehead atoms. The fourth-order valence-electron chi connectivity index (χ4n) is 3.25. The number of methoxy groups -OCH3 is 1. The summed E-state index contributed by atoms with van der Waals surface area (Å²) >= 11 is 0. The molecule has 3 rings (SSSR count). The predicted molar refractivity (Wildman–Crippen MR) is 88.6 cm³/mol. The molecule has 2 aliphatic rings. The molecule has 1 aromatic rings. The fourth-order valence-corrected chi connectivity index (χ4v) is 3.25. The molecule has 1 N–H and O–H groups in total. The van der Waals surface area contributed by atoms with Gasteiger partial charge >= 0.3 is 0 Å². The van der Waals surface area contributed by atoms with Gasteiger partial charge in [0, 0.05) is 12.6 Å². The average Bonchev–Trinajstić information content (AvgIpc) is 3.37. The van der Waals surface area contributed by atoms with Crippen molar-refractivity contribution >= 4 is 6.08 Å². The molecule has 2 aliphatic carbocycles. The quantitative estimate of drug-likeness (QED) is 0.836. The van der Waals surface area contributed by atoms with Crippen LogP contribution in [0.2, 0.25) is 0 Å². The van der Waals surface area contributed by atoms with E-state index in [9.17, 15) is 0 Å². The lowest BCUT2D eigenvalue weighted by Gasteiger charge is -2.25. The van der Waals surface area contributed by atoms with Crippen LogP contribution >= 0.6 is 0 Å². The maximum Gasteiger partial charge on any atom is 0.118 e. The van der Waals surface area contributed by atoms with Crippen LogP contribution in [0.3, 0.4) is 0 Å². The second-order valence-corrected chi connectivity index (χ2v) is 6.48. The summed E-state index contributed by atoms with van der Waals surface area (Å²) in [6.45, 7) is 1.07. The van der Waals surface area contributed by atoms with E-state index in [1.807, 2.05) is 0 Å². The van der Waals surface area contributed by atoms with Crippen molar-refractivity contribution in [1.29, 1.82) is 0 Å². The summed E-state index contributed by atoms with van der Waals surface area (Å²) in [5, 5.41) is 3.70. The first kappa shape index (κ1) is 14.6. The Balaban J connectivity index is 1.72. The minimum Gasteiger partial charge on any atom is -0.497 e. The first-order valence-electron chi connectivity index (χ1n) is 8.43. The maximum absolute atomic E-state index is 5.24. The van der Waals surface area contributed by atoms with Gasteiger partial charge in [-0.25, -0.2) is 0 Å². The molecule has 0 heterocycles. The normalized spacial score (nSPS) is 20.5. The SMILES string of the molecule is COc1ccc(/C=C(/CNC2CC2)C2CCCCC2)cc1. The van der Waals surface area contributed by atoms with Crippen LogP contribution < -0.4 is 10.1 Å². The molecule has 2 saturated carbocycles. The predicted octanol–water partition coefficient (Wildman–Crippen LogP) is 4.41. The fraction of sp³-hybridized carbons (Fsp3) is 0.579. The van der Waals surface area contributed by atoms with E-state index in [-0.39, 0.29) is 0 Å². The smallest absolute Gasteiger partial charge is 0.118 e. The van der Waals surface area contributed by atoms with Crippen molar-refractivity contribution in [3.8, 4) is 5.75 Å². The number of hydrogen-bond donors (Lipinski definition) is 1. The first-order valence-corrected chi connectivity index (χ1v) is 8.43. The van der Waals surface area contributed by atoms with E-state index in [2.05, 4.69) is 35.7 Å². The van der Waals surface area contributed by atoms with Crippen molar-refractivity contribution in [3.63, 3.8) is 0 Å². The Hall–Kier alpha value is -1.28. The van der Waals surface area contributed by atoms with Crippen molar-refractivity contribution in [1.82, 2.24) is 5.32 Å². The maximum atomic E-state index is 5.24. The molecule has 0 atom stereocenters. The molecular weight excluding hydrogens is 258 g/mol. The molecule has 2 fully saturated rings. The molecule has 0 amide bonds. The highest BCUT2D eigenvalue weighted by atomic mass is 16.5. The molecule has 0 radical (unpaired) electrons. The van der Waals surface area contributed by atoms with Gasteiger partial charge in [-0.2, -0.15) is 0 Å². The number of benzene rings is 1. The minimum atomic E-state index is 0.784. The van der Waals surface area contributed by atoms with Crippen LogP contribution in [0.5, 0.6) is 5.75 Å². The van der Waals surface area contributed by atoms with Crippen LogP contribution in [0.25, 0.3) is 6.08 Å². The highest BCUT2D eigenvalue weighted by Gasteiger charge is 2.23. The van der Waals surface area contributed by atoms with Crippen molar-refractivity contribution < 1.29 is 4.74 Å². The summed E-state index contributed by atoms with van der Waals surface area (Å²) in [7, 11) is 1.72. The molecule has 2 nitrogen and oxygen atoms in total. The third-order valence-corrected chi connectivity index (χ3v) is 4.77. The third-order valence-electron chi connectivity index (χ3n) is 4.77. The number of hydrogen-bond acceptors (Lipinski definition) is 2. The minimum absolute atomic E-state index is 0.784. The van der Waals surface area contributed by atoms with E-state index in [0.29, 0.717) is 0 Å². The van der Waals surface area contributed by atoms with Gasteiger partial charge in [0.15, 0.2) is 0 Å². The molecule has 0 unspecified atom stereocenters. The van der Waals surface area contributed by atoms with Gasteiger partial charge in [0.25, 0.3) is 0 Å². The second-order valence-electron chi connectivity index (χ2n) is 6.48. The van der Waals surface area contributed by atoms with Crippen molar-refractivity contribution in [2.45, 2.75) is 51.0 Å². The van der Waals surface area contributed by atoms with Gasteiger partial charge in [0.05, 0.1) is 7.11 Å². The Morgan fingerprint density at radius 2 is 1.81 bits per heavy atom. The van der Waals surface area contributed by atoms with E-state index < -0.39 is 0 Å². The Bertz CT molecular complexity index is 467. The monoisotopic (exact) mass is 285 g/mol. The van der Waals surface area contributed by atoms with Gasteiger partial charge in [-0.3, -0.25) is 0 Å². The lowest BCUT2D eigenvalue weighted by molar-refractivity contribution is 0.396. The molecule has 1 aromatic carbocycles. The van der Waals surface area contributed by atoms with E-state index in [4.69, 9.17) is 4.74 Å². The van der Waals surface area contributed by atoms with Crippen molar-refractivity contribution in [2.24, 2.45) is 5.92 Å². The topological polar surface area (TPSA) is 21.3 Å². The Morgan fingerprint density at radius 3 is 2.43 bits per heavy atom. The zero-order chi connectivity index (χ0) is 14.5.